The van der Waals surface area contributed by atoms with Crippen molar-refractivity contribution in [1.82, 2.24) is 16.1 Å². The molecule has 8 heteroatoms. The standard InChI is InChI=1S/C4H7FN4O3/c5-1-2(8-11)6-4(10)7-3(1)9-12/h1-2,8,11-12H,(H2,6,7,9,10)/t1-,2+/m0/s1. The van der Waals surface area contributed by atoms with Crippen LogP contribution in [-0.2, 0) is 0 Å². The van der Waals surface area contributed by atoms with Gasteiger partial charge in [0.2, 0.25) is 0 Å². The van der Waals surface area contributed by atoms with Gasteiger partial charge in [-0.3, -0.25) is 5.32 Å². The topological polar surface area (TPSA) is 106 Å². The van der Waals surface area contributed by atoms with Gasteiger partial charge in [0.1, 0.15) is 6.17 Å². The predicted molar refractivity (Wildman–Crippen MR) is 34.5 cm³/mol. The smallest absolute Gasteiger partial charge is 0.321 e. The van der Waals surface area contributed by atoms with Crippen LogP contribution >= 0.6 is 0 Å². The number of rotatable bonds is 1. The number of alkyl halides is 1. The van der Waals surface area contributed by atoms with Crippen LogP contribution in [0.2, 0.25) is 0 Å². The lowest BCUT2D eigenvalue weighted by Gasteiger charge is -2.26. The summed E-state index contributed by atoms with van der Waals surface area (Å²) >= 11 is 0. The van der Waals surface area contributed by atoms with Crippen molar-refractivity contribution in [2.45, 2.75) is 12.3 Å². The van der Waals surface area contributed by atoms with E-state index in [2.05, 4.69) is 5.16 Å². The quantitative estimate of drug-likeness (QED) is 0.255. The van der Waals surface area contributed by atoms with Crippen LogP contribution in [0.3, 0.4) is 0 Å². The number of nitrogens with one attached hydrogen (secondary N) is 3. The Morgan fingerprint density at radius 1 is 1.67 bits per heavy atom. The van der Waals surface area contributed by atoms with E-state index >= 15 is 0 Å². The van der Waals surface area contributed by atoms with Crippen molar-refractivity contribution in [3.8, 4) is 0 Å². The van der Waals surface area contributed by atoms with Gasteiger partial charge in [0.25, 0.3) is 0 Å². The minimum absolute atomic E-state index is 0.551. The third kappa shape index (κ3) is 1.43. The van der Waals surface area contributed by atoms with E-state index in [4.69, 9.17) is 10.4 Å². The van der Waals surface area contributed by atoms with Gasteiger partial charge >= 0.3 is 6.03 Å². The lowest BCUT2D eigenvalue weighted by atomic mass is 10.2. The molecule has 2 atom stereocenters. The SMILES string of the molecule is O=C1NC(=NO)[C@@H](F)[C@@H](NO)N1. The first-order chi connectivity index (χ1) is 5.69. The summed E-state index contributed by atoms with van der Waals surface area (Å²) in [5.41, 5.74) is 1.51. The molecule has 0 aromatic heterocycles. The molecule has 0 aliphatic carbocycles. The molecule has 5 N–H and O–H groups in total. The fraction of sp³-hybridized carbons (Fsp3) is 0.500. The van der Waals surface area contributed by atoms with E-state index in [0.717, 1.165) is 0 Å². The largest absolute Gasteiger partial charge is 0.409 e. The van der Waals surface area contributed by atoms with Gasteiger partial charge in [-0.05, 0) is 0 Å². The first-order valence-electron chi connectivity index (χ1n) is 3.02. The summed E-state index contributed by atoms with van der Waals surface area (Å²) in [4.78, 5) is 10.6. The minimum atomic E-state index is -1.82. The highest BCUT2D eigenvalue weighted by atomic mass is 19.1. The number of amides is 2. The van der Waals surface area contributed by atoms with Gasteiger partial charge in [-0.15, -0.1) is 0 Å². The van der Waals surface area contributed by atoms with Crippen molar-refractivity contribution in [1.29, 1.82) is 0 Å². The lowest BCUT2D eigenvalue weighted by molar-refractivity contribution is 0.0802. The molecule has 0 aromatic carbocycles. The summed E-state index contributed by atoms with van der Waals surface area (Å²) < 4.78 is 12.9. The van der Waals surface area contributed by atoms with Crippen molar-refractivity contribution in [3.63, 3.8) is 0 Å². The van der Waals surface area contributed by atoms with E-state index < -0.39 is 24.2 Å². The highest BCUT2D eigenvalue weighted by molar-refractivity contribution is 6.02. The van der Waals surface area contributed by atoms with Crippen molar-refractivity contribution in [2.75, 3.05) is 0 Å². The van der Waals surface area contributed by atoms with Gasteiger partial charge in [0.05, 0.1) is 0 Å². The molecule has 1 rings (SSSR count). The molecule has 2 amide bonds. The average Bonchev–Trinajstić information content (AvgIpc) is 2.08. The number of carbonyl (C=O) groups excluding carboxylic acids is 1. The van der Waals surface area contributed by atoms with Crippen LogP contribution in [0.4, 0.5) is 9.18 Å². The molecule has 12 heavy (non-hydrogen) atoms. The monoisotopic (exact) mass is 178 g/mol. The summed E-state index contributed by atoms with van der Waals surface area (Å²) in [5.74, 6) is -0.551. The van der Waals surface area contributed by atoms with Crippen LogP contribution in [0.25, 0.3) is 0 Å². The number of halogens is 1. The normalized spacial score (nSPS) is 32.8. The fourth-order valence-electron chi connectivity index (χ4n) is 0.771. The summed E-state index contributed by atoms with van der Waals surface area (Å²) in [6.07, 6.45) is -3.12. The van der Waals surface area contributed by atoms with E-state index in [1.165, 1.54) is 5.48 Å². The molecule has 7 nitrogen and oxygen atoms in total. The molecular formula is C4H7FN4O3. The molecule has 0 bridgehead atoms. The van der Waals surface area contributed by atoms with Gasteiger partial charge < -0.3 is 15.7 Å². The minimum Gasteiger partial charge on any atom is -0.409 e. The van der Waals surface area contributed by atoms with Crippen LogP contribution in [-0.4, -0.2) is 34.6 Å². The molecule has 1 fully saturated rings. The van der Waals surface area contributed by atoms with Crippen molar-refractivity contribution in [3.05, 3.63) is 0 Å². The third-order valence-electron chi connectivity index (χ3n) is 1.33. The summed E-state index contributed by atoms with van der Waals surface area (Å²) in [6.45, 7) is 0. The Balaban J connectivity index is 2.75. The average molecular weight is 178 g/mol. The zero-order valence-corrected chi connectivity index (χ0v) is 5.78. The molecule has 1 saturated heterocycles. The number of amidine groups is 1. The van der Waals surface area contributed by atoms with Gasteiger partial charge in [-0.1, -0.05) is 5.16 Å². The van der Waals surface area contributed by atoms with Gasteiger partial charge in [0.15, 0.2) is 12.0 Å². The highest BCUT2D eigenvalue weighted by Crippen LogP contribution is 2.02. The molecule has 0 saturated carbocycles. The summed E-state index contributed by atoms with van der Waals surface area (Å²) in [7, 11) is 0. The summed E-state index contributed by atoms with van der Waals surface area (Å²) in [5, 5.41) is 22.9. The zero-order valence-electron chi connectivity index (χ0n) is 5.78. The van der Waals surface area contributed by atoms with Crippen molar-refractivity contribution in [2.24, 2.45) is 5.16 Å². The van der Waals surface area contributed by atoms with Gasteiger partial charge in [-0.25, -0.2) is 9.18 Å². The van der Waals surface area contributed by atoms with Crippen LogP contribution < -0.4 is 16.1 Å². The Morgan fingerprint density at radius 3 is 2.83 bits per heavy atom. The zero-order chi connectivity index (χ0) is 9.14. The molecule has 0 radical (unpaired) electrons. The molecule has 0 aromatic rings. The number of hydroxylamine groups is 1. The number of oxime groups is 1. The second kappa shape index (κ2) is 3.32. The molecular weight excluding hydrogens is 171 g/mol. The predicted octanol–water partition coefficient (Wildman–Crippen LogP) is -1.27. The first-order valence-corrected chi connectivity index (χ1v) is 3.02. The highest BCUT2D eigenvalue weighted by Gasteiger charge is 2.33. The van der Waals surface area contributed by atoms with Crippen LogP contribution in [0.5, 0.6) is 0 Å². The molecule has 68 valence electrons. The maximum absolute atomic E-state index is 12.9. The van der Waals surface area contributed by atoms with E-state index in [-0.39, 0.29) is 0 Å². The first kappa shape index (κ1) is 8.68. The van der Waals surface area contributed by atoms with Crippen LogP contribution in [0.15, 0.2) is 5.16 Å². The van der Waals surface area contributed by atoms with E-state index in [1.54, 1.807) is 0 Å². The van der Waals surface area contributed by atoms with Gasteiger partial charge in [0, 0.05) is 0 Å². The van der Waals surface area contributed by atoms with Crippen molar-refractivity contribution >= 4 is 11.9 Å². The fourth-order valence-corrected chi connectivity index (χ4v) is 0.771. The second-order valence-corrected chi connectivity index (χ2v) is 2.09. The Labute approximate surface area is 66.2 Å². The van der Waals surface area contributed by atoms with Crippen LogP contribution in [0, 0.1) is 0 Å². The number of nitrogens with zero attached hydrogens (tertiary/aromatic N) is 1. The third-order valence-corrected chi connectivity index (χ3v) is 1.33. The number of urea groups is 1. The maximum atomic E-state index is 12.9. The van der Waals surface area contributed by atoms with Crippen molar-refractivity contribution < 1.29 is 19.6 Å². The maximum Gasteiger partial charge on any atom is 0.321 e. The van der Waals surface area contributed by atoms with Crippen LogP contribution in [0.1, 0.15) is 0 Å². The Morgan fingerprint density at radius 2 is 2.33 bits per heavy atom. The Hall–Kier alpha value is -1.41. The number of hydrogen-bond acceptors (Lipinski definition) is 5. The lowest BCUT2D eigenvalue weighted by Crippen LogP contribution is -2.64. The van der Waals surface area contributed by atoms with E-state index in [1.807, 2.05) is 10.6 Å². The Kier molecular flexibility index (Phi) is 2.41. The molecule has 0 spiro atoms. The van der Waals surface area contributed by atoms with Gasteiger partial charge in [-0.2, -0.15) is 5.48 Å². The second-order valence-electron chi connectivity index (χ2n) is 2.09. The number of hydrogen-bond donors (Lipinski definition) is 5. The van der Waals surface area contributed by atoms with E-state index in [0.29, 0.717) is 0 Å². The summed E-state index contributed by atoms with van der Waals surface area (Å²) in [6, 6.07) is -0.761. The number of carbonyl (C=O) groups is 1. The molecule has 0 unspecified atom stereocenters. The van der Waals surface area contributed by atoms with E-state index in [9.17, 15) is 9.18 Å². The molecule has 1 aliphatic heterocycles. The Bertz CT molecular complexity index is 220. The molecule has 1 heterocycles. The molecule has 1 aliphatic rings.